The number of amides is 1. The number of halogens is 3. The molecule has 0 aliphatic carbocycles. The van der Waals surface area contributed by atoms with Gasteiger partial charge in [0.05, 0.1) is 5.56 Å². The molecule has 18 heavy (non-hydrogen) atoms. The average Bonchev–Trinajstić information content (AvgIpc) is 2.34. The fraction of sp³-hybridized carbons (Fsp3) is 0.417. The third-order valence-corrected chi connectivity index (χ3v) is 3.72. The molecule has 0 radical (unpaired) electrons. The van der Waals surface area contributed by atoms with Crippen LogP contribution in [-0.4, -0.2) is 29.9 Å². The van der Waals surface area contributed by atoms with Gasteiger partial charge in [0.2, 0.25) is 0 Å². The lowest BCUT2D eigenvalue weighted by molar-refractivity contribution is 0.0713. The van der Waals surface area contributed by atoms with Gasteiger partial charge in [0.25, 0.3) is 5.91 Å². The molecule has 3 nitrogen and oxygen atoms in total. The number of rotatable bonds is 1. The first-order valence-electron chi connectivity index (χ1n) is 5.68. The summed E-state index contributed by atoms with van der Waals surface area (Å²) in [4.78, 5) is 13.8. The lowest BCUT2D eigenvalue weighted by Crippen LogP contribution is -2.43. The van der Waals surface area contributed by atoms with Gasteiger partial charge in [0.15, 0.2) is 11.6 Å². The van der Waals surface area contributed by atoms with Crippen molar-refractivity contribution in [3.05, 3.63) is 33.8 Å². The average molecular weight is 319 g/mol. The minimum atomic E-state index is -1.02. The van der Waals surface area contributed by atoms with Crippen molar-refractivity contribution in [2.45, 2.75) is 18.9 Å². The van der Waals surface area contributed by atoms with Crippen LogP contribution >= 0.6 is 15.9 Å². The molecule has 0 atom stereocenters. The first kappa shape index (κ1) is 13.4. The second-order valence-electron chi connectivity index (χ2n) is 4.38. The second-order valence-corrected chi connectivity index (χ2v) is 5.23. The van der Waals surface area contributed by atoms with E-state index in [1.54, 1.807) is 4.90 Å². The largest absolute Gasteiger partial charge is 0.338 e. The molecule has 0 aromatic heterocycles. The molecule has 2 rings (SSSR count). The lowest BCUT2D eigenvalue weighted by atomic mass is 10.0. The maximum Gasteiger partial charge on any atom is 0.255 e. The third-order valence-electron chi connectivity index (χ3n) is 3.07. The van der Waals surface area contributed by atoms with Crippen molar-refractivity contribution in [3.63, 3.8) is 0 Å². The van der Waals surface area contributed by atoms with Gasteiger partial charge in [-0.15, -0.1) is 0 Å². The van der Waals surface area contributed by atoms with E-state index in [0.717, 1.165) is 25.0 Å². The van der Waals surface area contributed by atoms with E-state index in [4.69, 9.17) is 5.73 Å². The number of carbonyl (C=O) groups is 1. The Morgan fingerprint density at radius 3 is 2.44 bits per heavy atom. The highest BCUT2D eigenvalue weighted by atomic mass is 79.9. The van der Waals surface area contributed by atoms with Crippen molar-refractivity contribution in [3.8, 4) is 0 Å². The van der Waals surface area contributed by atoms with Crippen LogP contribution in [0.25, 0.3) is 0 Å². The highest BCUT2D eigenvalue weighted by Crippen LogP contribution is 2.23. The summed E-state index contributed by atoms with van der Waals surface area (Å²) < 4.78 is 26.4. The Balaban J connectivity index is 2.21. The van der Waals surface area contributed by atoms with Crippen molar-refractivity contribution >= 4 is 21.8 Å². The summed E-state index contributed by atoms with van der Waals surface area (Å²) >= 11 is 3.08. The first-order valence-corrected chi connectivity index (χ1v) is 6.47. The van der Waals surface area contributed by atoms with E-state index in [1.165, 1.54) is 0 Å². The Labute approximate surface area is 112 Å². The van der Waals surface area contributed by atoms with Gasteiger partial charge in [-0.2, -0.15) is 0 Å². The van der Waals surface area contributed by atoms with Crippen molar-refractivity contribution in [1.29, 1.82) is 0 Å². The zero-order valence-corrected chi connectivity index (χ0v) is 11.2. The minimum Gasteiger partial charge on any atom is -0.338 e. The molecular weight excluding hydrogens is 306 g/mol. The number of hydrogen-bond donors (Lipinski definition) is 1. The fourth-order valence-corrected chi connectivity index (χ4v) is 2.44. The SMILES string of the molecule is NC1CCN(C(=O)c2cc(F)c(F)cc2Br)CC1. The van der Waals surface area contributed by atoms with Crippen LogP contribution in [0.3, 0.4) is 0 Å². The third kappa shape index (κ3) is 2.70. The molecule has 1 fully saturated rings. The minimum absolute atomic E-state index is 0.113. The Morgan fingerprint density at radius 1 is 1.28 bits per heavy atom. The standard InChI is InChI=1S/C12H13BrF2N2O/c13-9-6-11(15)10(14)5-8(9)12(18)17-3-1-7(16)2-4-17/h5-7H,1-4,16H2. The molecule has 1 saturated heterocycles. The van der Waals surface area contributed by atoms with Crippen LogP contribution in [0.4, 0.5) is 8.78 Å². The van der Waals surface area contributed by atoms with Gasteiger partial charge in [-0.3, -0.25) is 4.79 Å². The molecule has 98 valence electrons. The van der Waals surface area contributed by atoms with E-state index in [0.29, 0.717) is 13.1 Å². The molecule has 0 unspecified atom stereocenters. The number of hydrogen-bond acceptors (Lipinski definition) is 2. The summed E-state index contributed by atoms with van der Waals surface area (Å²) in [6.45, 7) is 1.09. The van der Waals surface area contributed by atoms with Crippen molar-refractivity contribution in [1.82, 2.24) is 4.90 Å². The number of benzene rings is 1. The highest BCUT2D eigenvalue weighted by molar-refractivity contribution is 9.10. The first-order chi connectivity index (χ1) is 8.49. The molecule has 0 spiro atoms. The zero-order chi connectivity index (χ0) is 13.3. The Bertz CT molecular complexity index is 473. The lowest BCUT2D eigenvalue weighted by Gasteiger charge is -2.30. The van der Waals surface area contributed by atoms with Gasteiger partial charge in [0.1, 0.15) is 0 Å². The molecule has 1 aliphatic heterocycles. The quantitative estimate of drug-likeness (QED) is 0.808. The monoisotopic (exact) mass is 318 g/mol. The Kier molecular flexibility index (Phi) is 3.97. The summed E-state index contributed by atoms with van der Waals surface area (Å²) in [5, 5.41) is 0. The number of nitrogens with zero attached hydrogens (tertiary/aromatic N) is 1. The van der Waals surface area contributed by atoms with E-state index in [-0.39, 0.29) is 22.0 Å². The van der Waals surface area contributed by atoms with E-state index in [9.17, 15) is 13.6 Å². The summed E-state index contributed by atoms with van der Waals surface area (Å²) in [6, 6.07) is 2.01. The molecule has 1 heterocycles. The summed E-state index contributed by atoms with van der Waals surface area (Å²) in [5.74, 6) is -2.29. The molecule has 2 N–H and O–H groups in total. The van der Waals surface area contributed by atoms with Crippen LogP contribution in [-0.2, 0) is 0 Å². The molecule has 0 saturated carbocycles. The van der Waals surface area contributed by atoms with E-state index < -0.39 is 11.6 Å². The second kappa shape index (κ2) is 5.32. The zero-order valence-electron chi connectivity index (χ0n) is 9.63. The number of carbonyl (C=O) groups excluding carboxylic acids is 1. The van der Waals surface area contributed by atoms with Crippen LogP contribution in [0.2, 0.25) is 0 Å². The maximum absolute atomic E-state index is 13.2. The molecule has 0 bridgehead atoms. The summed E-state index contributed by atoms with van der Waals surface area (Å²) in [5.41, 5.74) is 5.90. The van der Waals surface area contributed by atoms with Crippen LogP contribution in [0.1, 0.15) is 23.2 Å². The number of likely N-dealkylation sites (tertiary alicyclic amines) is 1. The van der Waals surface area contributed by atoms with Gasteiger partial charge in [-0.05, 0) is 40.9 Å². The van der Waals surface area contributed by atoms with Crippen molar-refractivity contribution in [2.24, 2.45) is 5.73 Å². The molecule has 1 aromatic rings. The van der Waals surface area contributed by atoms with Gasteiger partial charge in [-0.25, -0.2) is 8.78 Å². The molecular formula is C12H13BrF2N2O. The fourth-order valence-electron chi connectivity index (χ4n) is 1.96. The molecule has 6 heteroatoms. The Morgan fingerprint density at radius 2 is 1.83 bits per heavy atom. The maximum atomic E-state index is 13.2. The van der Waals surface area contributed by atoms with Gasteiger partial charge >= 0.3 is 0 Å². The predicted molar refractivity (Wildman–Crippen MR) is 67.2 cm³/mol. The number of piperidine rings is 1. The van der Waals surface area contributed by atoms with E-state index in [2.05, 4.69) is 15.9 Å². The van der Waals surface area contributed by atoms with Gasteiger partial charge in [0, 0.05) is 23.6 Å². The van der Waals surface area contributed by atoms with E-state index in [1.807, 2.05) is 0 Å². The van der Waals surface area contributed by atoms with Gasteiger partial charge < -0.3 is 10.6 Å². The van der Waals surface area contributed by atoms with Crippen molar-refractivity contribution in [2.75, 3.05) is 13.1 Å². The van der Waals surface area contributed by atoms with Crippen molar-refractivity contribution < 1.29 is 13.6 Å². The molecule has 1 aromatic carbocycles. The molecule has 1 aliphatic rings. The molecule has 1 amide bonds. The van der Waals surface area contributed by atoms with Crippen LogP contribution in [0, 0.1) is 11.6 Å². The predicted octanol–water partition coefficient (Wildman–Crippen LogP) is 2.29. The normalized spacial score (nSPS) is 17.0. The smallest absolute Gasteiger partial charge is 0.255 e. The number of nitrogens with two attached hydrogens (primary N) is 1. The summed E-state index contributed by atoms with van der Waals surface area (Å²) in [7, 11) is 0. The van der Waals surface area contributed by atoms with Crippen LogP contribution < -0.4 is 5.73 Å². The van der Waals surface area contributed by atoms with Gasteiger partial charge in [-0.1, -0.05) is 0 Å². The highest BCUT2D eigenvalue weighted by Gasteiger charge is 2.24. The van der Waals surface area contributed by atoms with Crippen LogP contribution in [0.5, 0.6) is 0 Å². The van der Waals surface area contributed by atoms with E-state index >= 15 is 0 Å². The summed E-state index contributed by atoms with van der Waals surface area (Å²) in [6.07, 6.45) is 1.46. The topological polar surface area (TPSA) is 46.3 Å². The van der Waals surface area contributed by atoms with Crippen LogP contribution in [0.15, 0.2) is 16.6 Å². The Hall–Kier alpha value is -1.01.